The molecule has 0 unspecified atom stereocenters. The molecule has 0 bridgehead atoms. The highest BCUT2D eigenvalue weighted by Gasteiger charge is 2.69. The third-order valence-corrected chi connectivity index (χ3v) is 4.79. The van der Waals surface area contributed by atoms with Gasteiger partial charge in [-0.3, -0.25) is 4.79 Å². The van der Waals surface area contributed by atoms with Crippen molar-refractivity contribution in [1.82, 2.24) is 4.90 Å². The van der Waals surface area contributed by atoms with Crippen LogP contribution in [0, 0.1) is 23.2 Å². The Bertz CT molecular complexity index is 411. The predicted molar refractivity (Wildman–Crippen MR) is 78.6 cm³/mol. The van der Waals surface area contributed by atoms with Crippen molar-refractivity contribution in [2.24, 2.45) is 28.9 Å². The average Bonchev–Trinajstić information content (AvgIpc) is 2.68. The van der Waals surface area contributed by atoms with Gasteiger partial charge in [-0.2, -0.15) is 0 Å². The summed E-state index contributed by atoms with van der Waals surface area (Å²) in [6, 6.07) is -1.27. The number of hydrogen-bond acceptors (Lipinski definition) is 3. The van der Waals surface area contributed by atoms with E-state index >= 15 is 0 Å². The Morgan fingerprint density at radius 2 is 1.95 bits per heavy atom. The topological polar surface area (TPSA) is 83.6 Å². The lowest BCUT2D eigenvalue weighted by Gasteiger charge is -2.30. The minimum Gasteiger partial charge on any atom is -0.480 e. The quantitative estimate of drug-likeness (QED) is 0.821. The van der Waals surface area contributed by atoms with Crippen molar-refractivity contribution < 1.29 is 14.7 Å². The Morgan fingerprint density at radius 1 is 1.40 bits per heavy atom. The number of carboxylic acids is 1. The Labute approximate surface area is 126 Å². The van der Waals surface area contributed by atoms with E-state index in [0.29, 0.717) is 24.8 Å². The molecule has 2 rings (SSSR count). The fourth-order valence-electron chi connectivity index (χ4n) is 3.62. The van der Waals surface area contributed by atoms with Gasteiger partial charge in [0.1, 0.15) is 6.04 Å². The molecule has 1 saturated carbocycles. The van der Waals surface area contributed by atoms with E-state index in [2.05, 4.69) is 13.8 Å². The SMILES string of the molecule is CC(C)C[C@H](N)C(=O)N1C[C@H]2[C@@H]([C@H]1C(=O)O)C2(C)C.Cl. The number of hydrogen-bond donors (Lipinski definition) is 2. The van der Waals surface area contributed by atoms with Crippen LogP contribution < -0.4 is 5.73 Å². The Kier molecular flexibility index (Phi) is 4.76. The molecule has 0 aromatic carbocycles. The molecule has 2 fully saturated rings. The minimum absolute atomic E-state index is 0. The van der Waals surface area contributed by atoms with Crippen molar-refractivity contribution in [3.63, 3.8) is 0 Å². The Morgan fingerprint density at radius 3 is 2.40 bits per heavy atom. The van der Waals surface area contributed by atoms with Crippen LogP contribution in [0.25, 0.3) is 0 Å². The van der Waals surface area contributed by atoms with Crippen LogP contribution in [-0.2, 0) is 9.59 Å². The number of aliphatic carboxylic acids is 1. The number of halogens is 1. The summed E-state index contributed by atoms with van der Waals surface area (Å²) in [5.41, 5.74) is 5.95. The van der Waals surface area contributed by atoms with Gasteiger partial charge in [-0.15, -0.1) is 12.4 Å². The van der Waals surface area contributed by atoms with E-state index < -0.39 is 18.1 Å². The smallest absolute Gasteiger partial charge is 0.326 e. The van der Waals surface area contributed by atoms with Gasteiger partial charge in [0.05, 0.1) is 6.04 Å². The molecule has 20 heavy (non-hydrogen) atoms. The van der Waals surface area contributed by atoms with Gasteiger partial charge in [-0.25, -0.2) is 4.79 Å². The molecule has 3 N–H and O–H groups in total. The molecule has 1 aliphatic carbocycles. The van der Waals surface area contributed by atoms with Gasteiger partial charge in [0.25, 0.3) is 0 Å². The summed E-state index contributed by atoms with van der Waals surface area (Å²) in [6.45, 7) is 8.71. The maximum Gasteiger partial charge on any atom is 0.326 e. The molecular weight excluding hydrogens is 280 g/mol. The first-order chi connectivity index (χ1) is 8.67. The highest BCUT2D eigenvalue weighted by molar-refractivity contribution is 5.88. The number of carbonyl (C=O) groups is 2. The lowest BCUT2D eigenvalue weighted by atomic mass is 9.98. The zero-order chi connectivity index (χ0) is 14.5. The van der Waals surface area contributed by atoms with Gasteiger partial charge in [0.2, 0.25) is 5.91 Å². The standard InChI is InChI=1S/C14H24N2O3.ClH/c1-7(2)5-9(15)12(17)16-6-8-10(14(8,3)4)11(16)13(18)19;/h7-11H,5-6,15H2,1-4H3,(H,18,19);1H/t8-,9-,10-,11-;/m0./s1. The van der Waals surface area contributed by atoms with E-state index in [4.69, 9.17) is 5.73 Å². The number of piperidine rings is 1. The molecule has 5 nitrogen and oxygen atoms in total. The van der Waals surface area contributed by atoms with Crippen molar-refractivity contribution in [2.75, 3.05) is 6.54 Å². The predicted octanol–water partition coefficient (Wildman–Crippen LogP) is 1.35. The summed E-state index contributed by atoms with van der Waals surface area (Å²) in [4.78, 5) is 25.3. The largest absolute Gasteiger partial charge is 0.480 e. The molecule has 0 spiro atoms. The number of likely N-dealkylation sites (tertiary alicyclic amines) is 1. The zero-order valence-corrected chi connectivity index (χ0v) is 13.3. The number of carboxylic acid groups (broad SMARTS) is 1. The molecular formula is C14H25ClN2O3. The number of rotatable bonds is 4. The van der Waals surface area contributed by atoms with Gasteiger partial charge in [-0.05, 0) is 23.7 Å². The van der Waals surface area contributed by atoms with Crippen molar-refractivity contribution in [1.29, 1.82) is 0 Å². The lowest BCUT2D eigenvalue weighted by Crippen LogP contribution is -2.51. The van der Waals surface area contributed by atoms with E-state index in [0.717, 1.165) is 0 Å². The van der Waals surface area contributed by atoms with Crippen molar-refractivity contribution in [3.05, 3.63) is 0 Å². The van der Waals surface area contributed by atoms with Crippen molar-refractivity contribution in [3.8, 4) is 0 Å². The second-order valence-electron chi connectivity index (χ2n) is 6.96. The molecule has 1 saturated heterocycles. The van der Waals surface area contributed by atoms with Gasteiger partial charge in [-0.1, -0.05) is 27.7 Å². The molecule has 116 valence electrons. The monoisotopic (exact) mass is 304 g/mol. The van der Waals surface area contributed by atoms with Crippen LogP contribution in [0.2, 0.25) is 0 Å². The zero-order valence-electron chi connectivity index (χ0n) is 12.5. The summed E-state index contributed by atoms with van der Waals surface area (Å²) < 4.78 is 0. The van der Waals surface area contributed by atoms with E-state index in [1.807, 2.05) is 13.8 Å². The number of nitrogens with zero attached hydrogens (tertiary/aromatic N) is 1. The minimum atomic E-state index is -0.900. The molecule has 0 aromatic rings. The highest BCUT2D eigenvalue weighted by atomic mass is 35.5. The van der Waals surface area contributed by atoms with Gasteiger partial charge in [0.15, 0.2) is 0 Å². The third kappa shape index (κ3) is 2.66. The van der Waals surface area contributed by atoms with Crippen LogP contribution in [0.3, 0.4) is 0 Å². The first-order valence-corrected chi connectivity index (χ1v) is 6.96. The van der Waals surface area contributed by atoms with Gasteiger partial charge < -0.3 is 15.7 Å². The molecule has 1 heterocycles. The Hall–Kier alpha value is -0.810. The highest BCUT2D eigenvalue weighted by Crippen LogP contribution is 2.64. The van der Waals surface area contributed by atoms with Crippen LogP contribution in [-0.4, -0.2) is 40.5 Å². The molecule has 1 amide bonds. The lowest BCUT2D eigenvalue weighted by molar-refractivity contribution is -0.150. The van der Waals surface area contributed by atoms with Crippen LogP contribution in [0.4, 0.5) is 0 Å². The normalized spacial score (nSPS) is 31.5. The average molecular weight is 305 g/mol. The molecule has 0 aromatic heterocycles. The second kappa shape index (κ2) is 5.53. The first kappa shape index (κ1) is 17.2. The summed E-state index contributed by atoms with van der Waals surface area (Å²) >= 11 is 0. The third-order valence-electron chi connectivity index (χ3n) is 4.79. The van der Waals surface area contributed by atoms with E-state index in [-0.39, 0.29) is 29.6 Å². The summed E-state index contributed by atoms with van der Waals surface area (Å²) in [5.74, 6) is -0.382. The molecule has 2 aliphatic rings. The second-order valence-corrected chi connectivity index (χ2v) is 6.96. The molecule has 6 heteroatoms. The number of fused-ring (bicyclic) bond motifs is 1. The first-order valence-electron chi connectivity index (χ1n) is 6.96. The Balaban J connectivity index is 0.00000200. The molecule has 1 aliphatic heterocycles. The maximum absolute atomic E-state index is 12.3. The summed E-state index contributed by atoms with van der Waals surface area (Å²) in [5, 5.41) is 9.39. The van der Waals surface area contributed by atoms with Crippen LogP contribution in [0.15, 0.2) is 0 Å². The summed E-state index contributed by atoms with van der Waals surface area (Å²) in [6.07, 6.45) is 0.598. The van der Waals surface area contributed by atoms with Crippen LogP contribution in [0.5, 0.6) is 0 Å². The van der Waals surface area contributed by atoms with Gasteiger partial charge in [0, 0.05) is 12.5 Å². The number of amides is 1. The van der Waals surface area contributed by atoms with Gasteiger partial charge >= 0.3 is 5.97 Å². The van der Waals surface area contributed by atoms with E-state index in [9.17, 15) is 14.7 Å². The van der Waals surface area contributed by atoms with E-state index in [1.54, 1.807) is 0 Å². The van der Waals surface area contributed by atoms with E-state index in [1.165, 1.54) is 4.90 Å². The van der Waals surface area contributed by atoms with Crippen LogP contribution >= 0.6 is 12.4 Å². The maximum atomic E-state index is 12.3. The fraction of sp³-hybridized carbons (Fsp3) is 0.857. The fourth-order valence-corrected chi connectivity index (χ4v) is 3.62. The molecule has 0 radical (unpaired) electrons. The molecule has 4 atom stereocenters. The summed E-state index contributed by atoms with van der Waals surface area (Å²) in [7, 11) is 0. The number of carbonyl (C=O) groups excluding carboxylic acids is 1. The van der Waals surface area contributed by atoms with Crippen LogP contribution in [0.1, 0.15) is 34.1 Å². The van der Waals surface area contributed by atoms with Crippen molar-refractivity contribution in [2.45, 2.75) is 46.2 Å². The number of nitrogens with two attached hydrogens (primary N) is 1. The van der Waals surface area contributed by atoms with Crippen molar-refractivity contribution >= 4 is 24.3 Å².